The van der Waals surface area contributed by atoms with Gasteiger partial charge < -0.3 is 25.5 Å². The molecule has 0 saturated heterocycles. The van der Waals surface area contributed by atoms with Gasteiger partial charge in [-0.1, -0.05) is 38.4 Å². The van der Waals surface area contributed by atoms with Crippen LogP contribution in [0.5, 0.6) is 0 Å². The molecule has 202 valence electrons. The third-order valence-electron chi connectivity index (χ3n) is 10.6. The molecular weight excluding hydrogens is 460 g/mol. The molecule has 0 heterocycles. The number of carboxylic acid groups (broad SMARTS) is 1. The first-order valence-electron chi connectivity index (χ1n) is 13.5. The minimum atomic E-state index is -1.57. The number of aliphatic carboxylic acids is 1. The molecule has 0 unspecified atom stereocenters. The smallest absolute Gasteiger partial charge is 0.333 e. The summed E-state index contributed by atoms with van der Waals surface area (Å²) in [5, 5.41) is 36.7. The topological polar surface area (TPSA) is 128 Å². The Labute approximate surface area is 214 Å². The number of fused-ring (bicyclic) bond motifs is 5. The van der Waals surface area contributed by atoms with Crippen LogP contribution in [0.1, 0.15) is 86.0 Å². The van der Waals surface area contributed by atoms with Crippen LogP contribution in [-0.4, -0.2) is 57.8 Å². The number of carbonyl (C=O) groups excluding carboxylic acids is 1. The molecule has 36 heavy (non-hydrogen) atoms. The highest BCUT2D eigenvalue weighted by molar-refractivity contribution is 5.96. The second-order valence-corrected chi connectivity index (χ2v) is 13.1. The van der Waals surface area contributed by atoms with E-state index in [1.54, 1.807) is 13.8 Å². The van der Waals surface area contributed by atoms with E-state index in [2.05, 4.69) is 30.4 Å². The molecule has 0 radical (unpaired) electrons. The number of hydrogen-bond donors (Lipinski definition) is 4. The van der Waals surface area contributed by atoms with E-state index < -0.39 is 29.0 Å². The van der Waals surface area contributed by atoms with Crippen LogP contribution in [0, 0.1) is 34.0 Å². The fraction of sp³-hybridized carbons (Fsp3) is 0.821. The molecule has 7 atom stereocenters. The number of rotatable bonds is 7. The van der Waals surface area contributed by atoms with Crippen molar-refractivity contribution in [1.82, 2.24) is 5.32 Å². The SMILES string of the molecule is CC(C)(CNC(=O)CO/N=C1/C=C2CC[C@@H]3[C@H](CC[C@@]4(C)[C@H]3CC[C@]4(C)O)[C@@]2(C)CC1)[C@H](O)C(=O)O. The molecule has 3 fully saturated rings. The van der Waals surface area contributed by atoms with Crippen molar-refractivity contribution >= 4 is 17.6 Å². The maximum Gasteiger partial charge on any atom is 0.333 e. The van der Waals surface area contributed by atoms with Gasteiger partial charge in [0.15, 0.2) is 12.7 Å². The molecule has 0 bridgehead atoms. The van der Waals surface area contributed by atoms with Crippen LogP contribution < -0.4 is 5.32 Å². The van der Waals surface area contributed by atoms with E-state index in [9.17, 15) is 19.8 Å². The lowest BCUT2D eigenvalue weighted by molar-refractivity contribution is -0.153. The molecule has 8 nitrogen and oxygen atoms in total. The normalized spacial score (nSPS) is 39.9. The maximum atomic E-state index is 12.2. The lowest BCUT2D eigenvalue weighted by Crippen LogP contribution is -2.53. The van der Waals surface area contributed by atoms with Crippen molar-refractivity contribution in [3.8, 4) is 0 Å². The van der Waals surface area contributed by atoms with Gasteiger partial charge in [-0.05, 0) is 93.0 Å². The Morgan fingerprint density at radius 3 is 2.53 bits per heavy atom. The fourth-order valence-electron chi connectivity index (χ4n) is 7.87. The van der Waals surface area contributed by atoms with Crippen molar-refractivity contribution in [2.45, 2.75) is 97.7 Å². The number of amides is 1. The summed E-state index contributed by atoms with van der Waals surface area (Å²) in [5.74, 6) is 0.185. The molecule has 4 N–H and O–H groups in total. The first-order valence-corrected chi connectivity index (χ1v) is 13.5. The van der Waals surface area contributed by atoms with E-state index in [1.807, 2.05) is 6.92 Å². The summed E-state index contributed by atoms with van der Waals surface area (Å²) in [6, 6.07) is 0. The zero-order valence-corrected chi connectivity index (χ0v) is 22.5. The molecule has 1 amide bonds. The predicted octanol–water partition coefficient (Wildman–Crippen LogP) is 3.66. The number of carboxylic acids is 1. The minimum Gasteiger partial charge on any atom is -0.479 e. The number of hydrogen-bond acceptors (Lipinski definition) is 6. The second-order valence-electron chi connectivity index (χ2n) is 13.1. The van der Waals surface area contributed by atoms with E-state index in [1.165, 1.54) is 5.57 Å². The van der Waals surface area contributed by atoms with Crippen LogP contribution >= 0.6 is 0 Å². The average Bonchev–Trinajstić information content (AvgIpc) is 3.06. The zero-order chi connectivity index (χ0) is 26.5. The average molecular weight is 505 g/mol. The molecule has 4 rings (SSSR count). The number of oxime groups is 1. The first kappa shape index (κ1) is 27.1. The number of allylic oxidation sites excluding steroid dienone is 2. The van der Waals surface area contributed by atoms with Crippen LogP contribution in [-0.2, 0) is 14.4 Å². The number of aliphatic hydroxyl groups excluding tert-OH is 1. The molecule has 0 aromatic heterocycles. The van der Waals surface area contributed by atoms with Crippen LogP contribution in [0.15, 0.2) is 16.8 Å². The highest BCUT2D eigenvalue weighted by atomic mass is 16.6. The van der Waals surface area contributed by atoms with Crippen molar-refractivity contribution in [2.75, 3.05) is 13.2 Å². The Morgan fingerprint density at radius 2 is 1.83 bits per heavy atom. The van der Waals surface area contributed by atoms with Crippen molar-refractivity contribution in [3.63, 3.8) is 0 Å². The van der Waals surface area contributed by atoms with Crippen LogP contribution in [0.3, 0.4) is 0 Å². The summed E-state index contributed by atoms with van der Waals surface area (Å²) >= 11 is 0. The maximum absolute atomic E-state index is 12.2. The van der Waals surface area contributed by atoms with Gasteiger partial charge in [-0.2, -0.15) is 0 Å². The number of nitrogens with zero attached hydrogens (tertiary/aromatic N) is 1. The monoisotopic (exact) mass is 504 g/mol. The summed E-state index contributed by atoms with van der Waals surface area (Å²) in [7, 11) is 0. The molecule has 0 aromatic rings. The van der Waals surface area contributed by atoms with Gasteiger partial charge in [0.25, 0.3) is 5.91 Å². The third-order valence-corrected chi connectivity index (χ3v) is 10.6. The number of aliphatic hydroxyl groups is 2. The van der Waals surface area contributed by atoms with Gasteiger partial charge >= 0.3 is 5.97 Å². The predicted molar refractivity (Wildman–Crippen MR) is 136 cm³/mol. The van der Waals surface area contributed by atoms with E-state index in [0.29, 0.717) is 17.8 Å². The number of carbonyl (C=O) groups is 2. The molecular formula is C28H44N2O6. The number of nitrogens with one attached hydrogen (secondary N) is 1. The lowest BCUT2D eigenvalue weighted by atomic mass is 9.46. The Balaban J connectivity index is 1.35. The van der Waals surface area contributed by atoms with Gasteiger partial charge in [-0.25, -0.2) is 4.79 Å². The first-order chi connectivity index (χ1) is 16.7. The summed E-state index contributed by atoms with van der Waals surface area (Å²) in [4.78, 5) is 28.5. The van der Waals surface area contributed by atoms with Crippen LogP contribution in [0.25, 0.3) is 0 Å². The highest BCUT2D eigenvalue weighted by Crippen LogP contribution is 2.67. The van der Waals surface area contributed by atoms with Crippen LogP contribution in [0.4, 0.5) is 0 Å². The van der Waals surface area contributed by atoms with Crippen molar-refractivity contribution in [3.05, 3.63) is 11.6 Å². The molecule has 0 aliphatic heterocycles. The third kappa shape index (κ3) is 4.60. The standard InChI is InChI=1S/C28H44N2O6/c1-25(2,23(32)24(33)34)16-29-22(31)15-36-30-18-8-11-26(3)17(14-18)6-7-19-20(26)9-12-27(4)21(19)10-13-28(27,5)35/h14,19-21,23,32,35H,6-13,15-16H2,1-5H3,(H,29,31)(H,33,34)/b30-18+/t19-,20+,21+,23-,26+,27+,28+/m1/s1. The van der Waals surface area contributed by atoms with Gasteiger partial charge in [-0.3, -0.25) is 4.79 Å². The Bertz CT molecular complexity index is 956. The van der Waals surface area contributed by atoms with E-state index in [0.717, 1.165) is 57.1 Å². The van der Waals surface area contributed by atoms with Gasteiger partial charge in [0.2, 0.25) is 0 Å². The van der Waals surface area contributed by atoms with Crippen molar-refractivity contribution in [1.29, 1.82) is 0 Å². The molecule has 0 aromatic carbocycles. The van der Waals surface area contributed by atoms with Crippen molar-refractivity contribution in [2.24, 2.45) is 39.2 Å². The van der Waals surface area contributed by atoms with Gasteiger partial charge in [0, 0.05) is 12.0 Å². The Hall–Kier alpha value is -1.93. The summed E-state index contributed by atoms with van der Waals surface area (Å²) in [6.07, 6.45) is 8.96. The summed E-state index contributed by atoms with van der Waals surface area (Å²) < 4.78 is 0. The fourth-order valence-corrected chi connectivity index (χ4v) is 7.87. The highest BCUT2D eigenvalue weighted by Gasteiger charge is 2.62. The second kappa shape index (κ2) is 9.43. The molecule has 3 saturated carbocycles. The van der Waals surface area contributed by atoms with Crippen molar-refractivity contribution < 1.29 is 29.7 Å². The largest absolute Gasteiger partial charge is 0.479 e. The van der Waals surface area contributed by atoms with Gasteiger partial charge in [0.1, 0.15) is 0 Å². The van der Waals surface area contributed by atoms with E-state index in [-0.39, 0.29) is 24.0 Å². The quantitative estimate of drug-likeness (QED) is 0.392. The molecule has 8 heteroatoms. The minimum absolute atomic E-state index is 0.0136. The molecule has 4 aliphatic rings. The van der Waals surface area contributed by atoms with E-state index in [4.69, 9.17) is 9.94 Å². The molecule has 4 aliphatic carbocycles. The van der Waals surface area contributed by atoms with Crippen LogP contribution in [0.2, 0.25) is 0 Å². The Morgan fingerprint density at radius 1 is 1.14 bits per heavy atom. The lowest BCUT2D eigenvalue weighted by Gasteiger charge is -2.59. The zero-order valence-electron chi connectivity index (χ0n) is 22.5. The van der Waals surface area contributed by atoms with E-state index >= 15 is 0 Å². The molecule has 0 spiro atoms. The summed E-state index contributed by atoms with van der Waals surface area (Å²) in [6.45, 7) is 9.71. The Kier molecular flexibility index (Phi) is 7.10. The van der Waals surface area contributed by atoms with Gasteiger partial charge in [0.05, 0.1) is 11.3 Å². The summed E-state index contributed by atoms with van der Waals surface area (Å²) in [5.41, 5.74) is 0.935. The van der Waals surface area contributed by atoms with Gasteiger partial charge in [-0.15, -0.1) is 0 Å².